The molecule has 1 fully saturated rings. The number of hydrogen-bond acceptors (Lipinski definition) is 6. The lowest BCUT2D eigenvalue weighted by Crippen LogP contribution is -2.57. The van der Waals surface area contributed by atoms with Crippen LogP contribution in [-0.4, -0.2) is 48.3 Å². The molecule has 4 heterocycles. The number of aromatic amines is 1. The van der Waals surface area contributed by atoms with E-state index in [0.717, 1.165) is 14.3 Å². The molecule has 3 aliphatic heterocycles. The molecule has 11 nitrogen and oxygen atoms in total. The van der Waals surface area contributed by atoms with Gasteiger partial charge in [-0.05, 0) is 0 Å². The van der Waals surface area contributed by atoms with Gasteiger partial charge in [0.05, 0.1) is 12.1 Å². The van der Waals surface area contributed by atoms with Gasteiger partial charge in [0.25, 0.3) is 0 Å². The molecule has 2 amide bonds. The van der Waals surface area contributed by atoms with Crippen molar-refractivity contribution in [2.75, 3.05) is 0 Å². The van der Waals surface area contributed by atoms with Gasteiger partial charge in [0.1, 0.15) is 5.70 Å². The lowest BCUT2D eigenvalue weighted by atomic mass is 9.84. The Kier molecular flexibility index (Phi) is 2.49. The molecule has 6 rings (SSSR count). The molecular weight excluding hydrogens is 382 g/mol. The number of nitrogens with one attached hydrogen (secondary N) is 2. The fourth-order valence-electron chi connectivity index (χ4n) is 4.49. The van der Waals surface area contributed by atoms with Crippen molar-refractivity contribution in [1.29, 1.82) is 0 Å². The third-order valence-corrected chi connectivity index (χ3v) is 5.68. The van der Waals surface area contributed by atoms with Crippen molar-refractivity contribution >= 4 is 29.6 Å². The second-order valence-electron chi connectivity index (χ2n) is 7.06. The van der Waals surface area contributed by atoms with Gasteiger partial charge in [-0.15, -0.1) is 0 Å². The third-order valence-electron chi connectivity index (χ3n) is 5.68. The molecule has 4 aliphatic rings. The number of benzene rings is 1. The number of nitrogens with zero attached hydrogens (tertiary/aromatic N) is 3. The predicted octanol–water partition coefficient (Wildman–Crippen LogP) is -1.81. The summed E-state index contributed by atoms with van der Waals surface area (Å²) in [6.07, 6.45) is 1.21. The molecule has 2 N–H and O–H groups in total. The van der Waals surface area contributed by atoms with Crippen molar-refractivity contribution in [3.05, 3.63) is 73.2 Å². The molecule has 1 aromatic carbocycles. The lowest BCUT2D eigenvalue weighted by Gasteiger charge is -2.36. The molecule has 1 saturated heterocycles. The van der Waals surface area contributed by atoms with E-state index < -0.39 is 40.4 Å². The number of Topliss-reactive ketones (excluding diaryl/α,β-unsaturated/α-hetero) is 2. The maximum atomic E-state index is 13.3. The van der Waals surface area contributed by atoms with Crippen molar-refractivity contribution in [3.8, 4) is 0 Å². The van der Waals surface area contributed by atoms with E-state index in [9.17, 15) is 28.8 Å². The minimum atomic E-state index is -1.63. The van der Waals surface area contributed by atoms with E-state index in [0.29, 0.717) is 0 Å². The molecule has 1 atom stereocenters. The van der Waals surface area contributed by atoms with Crippen LogP contribution in [0.25, 0.3) is 6.20 Å². The molecule has 1 aliphatic carbocycles. The van der Waals surface area contributed by atoms with E-state index in [4.69, 9.17) is 0 Å². The largest absolute Gasteiger partial charge is 0.348 e. The van der Waals surface area contributed by atoms with Crippen LogP contribution in [0.5, 0.6) is 0 Å². The van der Waals surface area contributed by atoms with Crippen LogP contribution in [-0.2, 0) is 16.1 Å². The Morgan fingerprint density at radius 2 is 1.59 bits per heavy atom. The molecule has 1 unspecified atom stereocenters. The number of carbonyl (C=O) groups excluding carboxylic acids is 4. The number of allylic oxidation sites excluding steroid dienone is 1. The Balaban J connectivity index is 1.72. The number of fused-ring (bicyclic) bond motifs is 4. The zero-order valence-corrected chi connectivity index (χ0v) is 14.4. The maximum absolute atomic E-state index is 13.3. The maximum Gasteiger partial charge on any atom is 0.348 e. The minimum Gasteiger partial charge on any atom is -0.319 e. The van der Waals surface area contributed by atoms with Gasteiger partial charge in [-0.2, -0.15) is 0 Å². The summed E-state index contributed by atoms with van der Waals surface area (Å²) in [5.74, 6) is -3.07. The van der Waals surface area contributed by atoms with Crippen LogP contribution >= 0.6 is 0 Å². The predicted molar refractivity (Wildman–Crippen MR) is 93.4 cm³/mol. The first-order valence-corrected chi connectivity index (χ1v) is 8.59. The van der Waals surface area contributed by atoms with Gasteiger partial charge in [-0.25, -0.2) is 19.0 Å². The Hall–Kier alpha value is -4.28. The van der Waals surface area contributed by atoms with Gasteiger partial charge in [-0.1, -0.05) is 24.3 Å². The quantitative estimate of drug-likeness (QED) is 0.507. The Bertz CT molecular complexity index is 1430. The molecule has 1 aromatic heterocycles. The summed E-state index contributed by atoms with van der Waals surface area (Å²) in [5.41, 5.74) is -3.02. The van der Waals surface area contributed by atoms with Crippen LogP contribution < -0.4 is 16.7 Å². The van der Waals surface area contributed by atoms with Crippen molar-refractivity contribution in [3.63, 3.8) is 0 Å². The molecular formula is C18H9N5O6. The van der Waals surface area contributed by atoms with E-state index in [1.807, 2.05) is 0 Å². The number of rotatable bonds is 0. The molecule has 1 spiro atoms. The SMILES string of the molecule is O=C1NC23Cn4c(=O)[nH]c(=O)n4C=C2C2=C(C(=O)c4ccccc4C2=O)N3C1=O. The van der Waals surface area contributed by atoms with Crippen LogP contribution in [0.15, 0.2) is 50.7 Å². The van der Waals surface area contributed by atoms with E-state index in [-0.39, 0.29) is 34.5 Å². The van der Waals surface area contributed by atoms with Gasteiger partial charge in [0.2, 0.25) is 5.78 Å². The summed E-state index contributed by atoms with van der Waals surface area (Å²) < 4.78 is 1.96. The summed E-state index contributed by atoms with van der Waals surface area (Å²) in [5, 5.41) is 2.52. The average Bonchev–Trinajstić information content (AvgIpc) is 3.23. The number of carbonyl (C=O) groups is 4. The van der Waals surface area contributed by atoms with Crippen LogP contribution in [0.2, 0.25) is 0 Å². The monoisotopic (exact) mass is 391 g/mol. The first-order valence-electron chi connectivity index (χ1n) is 8.59. The van der Waals surface area contributed by atoms with Crippen LogP contribution in [0.1, 0.15) is 20.7 Å². The molecule has 0 radical (unpaired) electrons. The van der Waals surface area contributed by atoms with Crippen LogP contribution in [0.4, 0.5) is 0 Å². The van der Waals surface area contributed by atoms with Crippen molar-refractivity contribution in [2.24, 2.45) is 0 Å². The lowest BCUT2D eigenvalue weighted by molar-refractivity contribution is -0.139. The highest BCUT2D eigenvalue weighted by Gasteiger charge is 2.64. The van der Waals surface area contributed by atoms with E-state index in [1.165, 1.54) is 18.3 Å². The van der Waals surface area contributed by atoms with Crippen LogP contribution in [0.3, 0.4) is 0 Å². The van der Waals surface area contributed by atoms with Gasteiger partial charge in [0.15, 0.2) is 11.4 Å². The Morgan fingerprint density at radius 3 is 2.31 bits per heavy atom. The summed E-state index contributed by atoms with van der Waals surface area (Å²) in [4.78, 5) is 78.7. The van der Waals surface area contributed by atoms with E-state index >= 15 is 0 Å². The summed E-state index contributed by atoms with van der Waals surface area (Å²) >= 11 is 0. The molecule has 11 heteroatoms. The number of ketones is 2. The van der Waals surface area contributed by atoms with E-state index in [1.54, 1.807) is 12.1 Å². The minimum absolute atomic E-state index is 0.0613. The van der Waals surface area contributed by atoms with Gasteiger partial charge < -0.3 is 5.32 Å². The van der Waals surface area contributed by atoms with Gasteiger partial charge in [0, 0.05) is 22.9 Å². The first kappa shape index (κ1) is 15.7. The number of H-pyrrole nitrogens is 1. The van der Waals surface area contributed by atoms with Crippen molar-refractivity contribution in [2.45, 2.75) is 12.2 Å². The number of aromatic nitrogens is 3. The summed E-state index contributed by atoms with van der Waals surface area (Å²) in [6, 6.07) is 6.17. The highest BCUT2D eigenvalue weighted by molar-refractivity contribution is 6.41. The van der Waals surface area contributed by atoms with Gasteiger partial charge >= 0.3 is 23.2 Å². The average molecular weight is 391 g/mol. The standard InChI is InChI=1S/C18H9N5O6/c24-12-7-3-1-2-4-8(7)13(25)11-10(12)9-5-21-16(28)19-17(29)22(21)6-18(9)20-14(26)15(27)23(11)18/h1-5H,6H2,(H,20,26)(H,19,28,29). The fraction of sp³-hybridized carbons (Fsp3) is 0.111. The smallest absolute Gasteiger partial charge is 0.319 e. The third kappa shape index (κ3) is 1.56. The summed E-state index contributed by atoms with van der Waals surface area (Å²) in [6.45, 7) is -0.336. The molecule has 142 valence electrons. The van der Waals surface area contributed by atoms with Crippen molar-refractivity contribution < 1.29 is 19.2 Å². The topological polar surface area (TPSA) is 143 Å². The summed E-state index contributed by atoms with van der Waals surface area (Å²) in [7, 11) is 0. The zero-order valence-electron chi connectivity index (χ0n) is 14.4. The Labute approximate surface area is 159 Å². The van der Waals surface area contributed by atoms with Gasteiger partial charge in [-0.3, -0.25) is 29.1 Å². The van der Waals surface area contributed by atoms with Crippen molar-refractivity contribution in [1.82, 2.24) is 24.6 Å². The fourth-order valence-corrected chi connectivity index (χ4v) is 4.49. The Morgan fingerprint density at radius 1 is 0.897 bits per heavy atom. The second-order valence-corrected chi connectivity index (χ2v) is 7.06. The van der Waals surface area contributed by atoms with E-state index in [2.05, 4.69) is 10.3 Å². The second kappa shape index (κ2) is 4.58. The molecule has 0 bridgehead atoms. The highest BCUT2D eigenvalue weighted by atomic mass is 16.2. The molecule has 29 heavy (non-hydrogen) atoms. The first-order chi connectivity index (χ1) is 13.8. The number of hydrogen-bond donors (Lipinski definition) is 2. The van der Waals surface area contributed by atoms with Crippen LogP contribution in [0, 0.1) is 0 Å². The zero-order chi connectivity index (χ0) is 20.2. The molecule has 0 saturated carbocycles. The normalized spacial score (nSPS) is 24.0. The highest BCUT2D eigenvalue weighted by Crippen LogP contribution is 2.49. The molecule has 2 aromatic rings. The number of amides is 2.